The van der Waals surface area contributed by atoms with E-state index in [1.54, 1.807) is 0 Å². The van der Waals surface area contributed by atoms with Crippen LogP contribution in [0.4, 0.5) is 0 Å². The minimum atomic E-state index is -0.185. The van der Waals surface area contributed by atoms with Gasteiger partial charge in [-0.05, 0) is 56.5 Å². The van der Waals surface area contributed by atoms with Crippen LogP contribution in [0, 0.1) is 5.92 Å². The van der Waals surface area contributed by atoms with Crippen molar-refractivity contribution in [1.82, 2.24) is 4.90 Å². The Balaban J connectivity index is 1.61. The quantitative estimate of drug-likeness (QED) is 0.815. The van der Waals surface area contributed by atoms with Crippen LogP contribution in [0.3, 0.4) is 0 Å². The lowest BCUT2D eigenvalue weighted by molar-refractivity contribution is 0.127. The van der Waals surface area contributed by atoms with Crippen molar-refractivity contribution < 1.29 is 9.84 Å². The molecule has 2 atom stereocenters. The fourth-order valence-corrected chi connectivity index (χ4v) is 2.59. The topological polar surface area (TPSA) is 32.7 Å². The summed E-state index contributed by atoms with van der Waals surface area (Å²) < 4.78 is 5.66. The molecule has 1 aliphatic rings. The van der Waals surface area contributed by atoms with Crippen LogP contribution in [0.1, 0.15) is 19.8 Å². The summed E-state index contributed by atoms with van der Waals surface area (Å²) in [5, 5.41) is 10.3. The van der Waals surface area contributed by atoms with Gasteiger partial charge in [-0.25, -0.2) is 0 Å². The van der Waals surface area contributed by atoms with Gasteiger partial charge in [0.05, 0.1) is 12.7 Å². The predicted octanol–water partition coefficient (Wildman–Crippen LogP) is 2.81. The number of hydrogen-bond donors (Lipinski definition) is 1. The van der Waals surface area contributed by atoms with Gasteiger partial charge in [-0.2, -0.15) is 0 Å². The molecule has 0 amide bonds. The molecular formula is C15H22ClNO2. The highest BCUT2D eigenvalue weighted by Crippen LogP contribution is 2.20. The molecule has 0 spiro atoms. The lowest BCUT2D eigenvalue weighted by atomic mass is 10.0. The second-order valence-electron chi connectivity index (χ2n) is 5.25. The average Bonchev–Trinajstić information content (AvgIpc) is 2.86. The lowest BCUT2D eigenvalue weighted by Crippen LogP contribution is -2.26. The second kappa shape index (κ2) is 7.13. The Bertz CT molecular complexity index is 380. The second-order valence-corrected chi connectivity index (χ2v) is 5.68. The molecule has 1 N–H and O–H groups in total. The SMILES string of the molecule is CC(O)C1CCN(CCCOc2ccc(Cl)cc2)C1. The number of benzene rings is 1. The molecule has 3 nitrogen and oxygen atoms in total. The van der Waals surface area contributed by atoms with Crippen LogP contribution < -0.4 is 4.74 Å². The predicted molar refractivity (Wildman–Crippen MR) is 77.8 cm³/mol. The van der Waals surface area contributed by atoms with E-state index in [9.17, 15) is 5.11 Å². The Kier molecular flexibility index (Phi) is 5.49. The van der Waals surface area contributed by atoms with Gasteiger partial charge in [-0.15, -0.1) is 0 Å². The van der Waals surface area contributed by atoms with Crippen molar-refractivity contribution in [3.05, 3.63) is 29.3 Å². The smallest absolute Gasteiger partial charge is 0.119 e. The van der Waals surface area contributed by atoms with Gasteiger partial charge in [0.25, 0.3) is 0 Å². The maximum Gasteiger partial charge on any atom is 0.119 e. The summed E-state index contributed by atoms with van der Waals surface area (Å²) in [4.78, 5) is 2.41. The van der Waals surface area contributed by atoms with Gasteiger partial charge < -0.3 is 14.7 Å². The standard InChI is InChI=1S/C15H22ClNO2/c1-12(18)13-7-9-17(11-13)8-2-10-19-15-5-3-14(16)4-6-15/h3-6,12-13,18H,2,7-11H2,1H3. The van der Waals surface area contributed by atoms with Gasteiger partial charge in [0.1, 0.15) is 5.75 Å². The van der Waals surface area contributed by atoms with Crippen LogP contribution in [-0.2, 0) is 0 Å². The van der Waals surface area contributed by atoms with Crippen molar-refractivity contribution in [2.45, 2.75) is 25.9 Å². The van der Waals surface area contributed by atoms with E-state index in [1.807, 2.05) is 31.2 Å². The maximum atomic E-state index is 9.55. The molecule has 0 bridgehead atoms. The molecule has 4 heteroatoms. The van der Waals surface area contributed by atoms with E-state index < -0.39 is 0 Å². The molecule has 0 radical (unpaired) electrons. The van der Waals surface area contributed by atoms with Gasteiger partial charge >= 0.3 is 0 Å². The first-order valence-electron chi connectivity index (χ1n) is 6.94. The molecule has 2 unspecified atom stereocenters. The minimum absolute atomic E-state index is 0.185. The van der Waals surface area contributed by atoms with Crippen LogP contribution in [0.25, 0.3) is 0 Å². The Labute approximate surface area is 120 Å². The third-order valence-electron chi connectivity index (χ3n) is 3.69. The molecule has 0 aliphatic carbocycles. The summed E-state index contributed by atoms with van der Waals surface area (Å²) in [6.45, 7) is 5.75. The van der Waals surface area contributed by atoms with Crippen LogP contribution in [-0.4, -0.2) is 42.4 Å². The third-order valence-corrected chi connectivity index (χ3v) is 3.94. The molecule has 1 saturated heterocycles. The molecule has 2 rings (SSSR count). The number of halogens is 1. The van der Waals surface area contributed by atoms with E-state index in [1.165, 1.54) is 0 Å². The lowest BCUT2D eigenvalue weighted by Gasteiger charge is -2.17. The molecule has 1 fully saturated rings. The summed E-state index contributed by atoms with van der Waals surface area (Å²) in [5.41, 5.74) is 0. The van der Waals surface area contributed by atoms with E-state index in [-0.39, 0.29) is 6.10 Å². The number of ether oxygens (including phenoxy) is 1. The first-order valence-corrected chi connectivity index (χ1v) is 7.32. The largest absolute Gasteiger partial charge is 0.494 e. The summed E-state index contributed by atoms with van der Waals surface area (Å²) in [6.07, 6.45) is 1.93. The van der Waals surface area contributed by atoms with Crippen molar-refractivity contribution in [1.29, 1.82) is 0 Å². The molecule has 0 saturated carbocycles. The highest BCUT2D eigenvalue weighted by Gasteiger charge is 2.25. The summed E-state index contributed by atoms with van der Waals surface area (Å²) >= 11 is 5.82. The van der Waals surface area contributed by atoms with Gasteiger partial charge in [0, 0.05) is 18.1 Å². The zero-order chi connectivity index (χ0) is 13.7. The molecule has 0 aromatic heterocycles. The van der Waals surface area contributed by atoms with Crippen LogP contribution >= 0.6 is 11.6 Å². The normalized spacial score (nSPS) is 21.5. The van der Waals surface area contributed by atoms with Crippen molar-refractivity contribution in [2.75, 3.05) is 26.2 Å². The van der Waals surface area contributed by atoms with Gasteiger partial charge in [0.2, 0.25) is 0 Å². The van der Waals surface area contributed by atoms with E-state index >= 15 is 0 Å². The summed E-state index contributed by atoms with van der Waals surface area (Å²) in [5.74, 6) is 1.31. The third kappa shape index (κ3) is 4.68. The average molecular weight is 284 g/mol. The number of rotatable bonds is 6. The molecule has 106 valence electrons. The van der Waals surface area contributed by atoms with E-state index in [2.05, 4.69) is 4.90 Å². The molecule has 1 aliphatic heterocycles. The Morgan fingerprint density at radius 1 is 1.42 bits per heavy atom. The van der Waals surface area contributed by atoms with Crippen LogP contribution in [0.2, 0.25) is 5.02 Å². The number of aliphatic hydroxyl groups is 1. The number of likely N-dealkylation sites (tertiary alicyclic amines) is 1. The van der Waals surface area contributed by atoms with Crippen LogP contribution in [0.5, 0.6) is 5.75 Å². The zero-order valence-corrected chi connectivity index (χ0v) is 12.1. The Hall–Kier alpha value is -0.770. The van der Waals surface area contributed by atoms with E-state index in [4.69, 9.17) is 16.3 Å². The number of aliphatic hydroxyl groups excluding tert-OH is 1. The fourth-order valence-electron chi connectivity index (χ4n) is 2.47. The molecule has 1 aromatic rings. The van der Waals surface area contributed by atoms with Crippen molar-refractivity contribution in [2.24, 2.45) is 5.92 Å². The minimum Gasteiger partial charge on any atom is -0.494 e. The number of nitrogens with zero attached hydrogens (tertiary/aromatic N) is 1. The Morgan fingerprint density at radius 3 is 2.79 bits per heavy atom. The van der Waals surface area contributed by atoms with Crippen molar-refractivity contribution in [3.8, 4) is 5.75 Å². The van der Waals surface area contributed by atoms with E-state index in [0.717, 1.165) is 49.9 Å². The Morgan fingerprint density at radius 2 is 2.16 bits per heavy atom. The highest BCUT2D eigenvalue weighted by molar-refractivity contribution is 6.30. The first-order chi connectivity index (χ1) is 9.15. The van der Waals surface area contributed by atoms with Crippen molar-refractivity contribution in [3.63, 3.8) is 0 Å². The fraction of sp³-hybridized carbons (Fsp3) is 0.600. The van der Waals surface area contributed by atoms with Gasteiger partial charge in [-0.3, -0.25) is 0 Å². The molecule has 1 aromatic carbocycles. The summed E-state index contributed by atoms with van der Waals surface area (Å²) in [6, 6.07) is 7.46. The molecule has 1 heterocycles. The number of hydrogen-bond acceptors (Lipinski definition) is 3. The zero-order valence-electron chi connectivity index (χ0n) is 11.4. The monoisotopic (exact) mass is 283 g/mol. The summed E-state index contributed by atoms with van der Waals surface area (Å²) in [7, 11) is 0. The highest BCUT2D eigenvalue weighted by atomic mass is 35.5. The van der Waals surface area contributed by atoms with E-state index in [0.29, 0.717) is 5.92 Å². The van der Waals surface area contributed by atoms with Crippen molar-refractivity contribution >= 4 is 11.6 Å². The first kappa shape index (κ1) is 14.6. The van der Waals surface area contributed by atoms with Gasteiger partial charge in [0.15, 0.2) is 0 Å². The van der Waals surface area contributed by atoms with Crippen LogP contribution in [0.15, 0.2) is 24.3 Å². The molecular weight excluding hydrogens is 262 g/mol. The molecule has 19 heavy (non-hydrogen) atoms. The van der Waals surface area contributed by atoms with Gasteiger partial charge in [-0.1, -0.05) is 11.6 Å². The maximum absolute atomic E-state index is 9.55.